The van der Waals surface area contributed by atoms with Gasteiger partial charge in [0.25, 0.3) is 5.91 Å². The summed E-state index contributed by atoms with van der Waals surface area (Å²) in [7, 11) is 0. The second-order valence-electron chi connectivity index (χ2n) is 5.93. The number of nitriles is 1. The molecule has 1 aliphatic heterocycles. The monoisotopic (exact) mass is 367 g/mol. The number of nitrogens with zero attached hydrogens (tertiary/aromatic N) is 5. The molecule has 4 rings (SSSR count). The van der Waals surface area contributed by atoms with Crippen molar-refractivity contribution < 1.29 is 4.79 Å². The number of thiophene rings is 1. The van der Waals surface area contributed by atoms with Gasteiger partial charge in [-0.25, -0.2) is 9.50 Å². The van der Waals surface area contributed by atoms with E-state index in [1.54, 1.807) is 16.0 Å². The van der Waals surface area contributed by atoms with Crippen molar-refractivity contribution in [1.82, 2.24) is 19.9 Å². The van der Waals surface area contributed by atoms with Gasteiger partial charge in [0.1, 0.15) is 22.3 Å². The van der Waals surface area contributed by atoms with Crippen LogP contribution < -0.4 is 15.5 Å². The summed E-state index contributed by atoms with van der Waals surface area (Å²) < 4.78 is 1.59. The highest BCUT2D eigenvalue weighted by Gasteiger charge is 2.18. The smallest absolute Gasteiger partial charge is 0.261 e. The summed E-state index contributed by atoms with van der Waals surface area (Å²) in [4.78, 5) is 20.0. The van der Waals surface area contributed by atoms with Gasteiger partial charge in [0.2, 0.25) is 0 Å². The van der Waals surface area contributed by atoms with E-state index in [0.717, 1.165) is 38.4 Å². The Kier molecular flexibility index (Phi) is 4.51. The number of carbonyl (C=O) groups excluding carboxylic acids is 1. The van der Waals surface area contributed by atoms with Crippen LogP contribution in [0.2, 0.25) is 0 Å². The number of nitrogens with one attached hydrogen (secondary N) is 2. The SMILES string of the molecule is N#Cc1sccc1NC(=O)c1cnn2ccc(N3CCCNCC3)nc12. The Morgan fingerprint density at radius 2 is 2.27 bits per heavy atom. The molecule has 26 heavy (non-hydrogen) atoms. The lowest BCUT2D eigenvalue weighted by Crippen LogP contribution is -2.28. The standard InChI is InChI=1S/C17H17N7OS/c18-10-14-13(3-9-26-14)21-17(25)12-11-20-24-7-2-15(22-16(12)24)23-6-1-4-19-5-8-23/h2-3,7,9,11,19H,1,4-6,8H2,(H,21,25). The first-order valence-electron chi connectivity index (χ1n) is 8.35. The number of rotatable bonds is 3. The summed E-state index contributed by atoms with van der Waals surface area (Å²) in [5, 5.41) is 21.2. The number of hydrogen-bond donors (Lipinski definition) is 2. The highest BCUT2D eigenvalue weighted by molar-refractivity contribution is 7.11. The average Bonchev–Trinajstić information content (AvgIpc) is 3.19. The molecule has 132 valence electrons. The van der Waals surface area contributed by atoms with Gasteiger partial charge < -0.3 is 15.5 Å². The Balaban J connectivity index is 1.64. The van der Waals surface area contributed by atoms with Gasteiger partial charge in [-0.05, 0) is 30.5 Å². The molecule has 1 saturated heterocycles. The number of aromatic nitrogens is 3. The Labute approximate surface area is 154 Å². The molecule has 2 N–H and O–H groups in total. The first kappa shape index (κ1) is 16.5. The summed E-state index contributed by atoms with van der Waals surface area (Å²) in [6, 6.07) is 5.71. The molecule has 3 aromatic rings. The third kappa shape index (κ3) is 3.12. The van der Waals surface area contributed by atoms with Gasteiger partial charge in [-0.2, -0.15) is 10.4 Å². The van der Waals surface area contributed by atoms with Crippen LogP contribution in [0.15, 0.2) is 29.9 Å². The molecule has 0 spiro atoms. The number of carbonyl (C=O) groups is 1. The fourth-order valence-electron chi connectivity index (χ4n) is 2.95. The molecular formula is C17H17N7OS. The van der Waals surface area contributed by atoms with Gasteiger partial charge in [0, 0.05) is 25.8 Å². The number of anilines is 2. The van der Waals surface area contributed by atoms with Crippen LogP contribution >= 0.6 is 11.3 Å². The van der Waals surface area contributed by atoms with Crippen LogP contribution in [0.3, 0.4) is 0 Å². The highest BCUT2D eigenvalue weighted by atomic mass is 32.1. The maximum absolute atomic E-state index is 12.7. The molecule has 9 heteroatoms. The summed E-state index contributed by atoms with van der Waals surface area (Å²) in [6.45, 7) is 3.71. The maximum Gasteiger partial charge on any atom is 0.261 e. The number of fused-ring (bicyclic) bond motifs is 1. The molecule has 8 nitrogen and oxygen atoms in total. The van der Waals surface area contributed by atoms with E-state index in [-0.39, 0.29) is 5.91 Å². The first-order chi connectivity index (χ1) is 12.8. The van der Waals surface area contributed by atoms with Crippen molar-refractivity contribution in [3.05, 3.63) is 40.3 Å². The van der Waals surface area contributed by atoms with Crippen molar-refractivity contribution in [1.29, 1.82) is 5.26 Å². The Morgan fingerprint density at radius 3 is 3.15 bits per heavy atom. The van der Waals surface area contributed by atoms with E-state index in [9.17, 15) is 4.79 Å². The Hall–Kier alpha value is -2.96. The molecule has 0 radical (unpaired) electrons. The number of amides is 1. The molecule has 0 saturated carbocycles. The molecule has 0 unspecified atom stereocenters. The van der Waals surface area contributed by atoms with Crippen LogP contribution in [0.25, 0.3) is 5.65 Å². The van der Waals surface area contributed by atoms with Crippen molar-refractivity contribution in [3.63, 3.8) is 0 Å². The molecule has 0 aromatic carbocycles. The van der Waals surface area contributed by atoms with E-state index >= 15 is 0 Å². The lowest BCUT2D eigenvalue weighted by Gasteiger charge is -2.20. The van der Waals surface area contributed by atoms with E-state index in [4.69, 9.17) is 5.26 Å². The van der Waals surface area contributed by atoms with Crippen molar-refractivity contribution in [2.75, 3.05) is 36.4 Å². The van der Waals surface area contributed by atoms with Crippen LogP contribution in [0.4, 0.5) is 11.5 Å². The maximum atomic E-state index is 12.7. The van der Waals surface area contributed by atoms with E-state index < -0.39 is 0 Å². The van der Waals surface area contributed by atoms with Gasteiger partial charge >= 0.3 is 0 Å². The van der Waals surface area contributed by atoms with Crippen LogP contribution in [-0.2, 0) is 0 Å². The zero-order chi connectivity index (χ0) is 17.9. The fourth-order valence-corrected chi connectivity index (χ4v) is 3.59. The second kappa shape index (κ2) is 7.11. The molecule has 0 atom stereocenters. The second-order valence-corrected chi connectivity index (χ2v) is 6.85. The fraction of sp³-hybridized carbons (Fsp3) is 0.294. The highest BCUT2D eigenvalue weighted by Crippen LogP contribution is 2.22. The molecule has 0 bridgehead atoms. The molecule has 1 amide bonds. The predicted octanol–water partition coefficient (Wildman–Crippen LogP) is 1.71. The van der Waals surface area contributed by atoms with Crippen LogP contribution in [-0.4, -0.2) is 46.7 Å². The quantitative estimate of drug-likeness (QED) is 0.731. The molecule has 1 aliphatic rings. The van der Waals surface area contributed by atoms with Crippen molar-refractivity contribution in [3.8, 4) is 6.07 Å². The molecule has 0 aliphatic carbocycles. The zero-order valence-electron chi connectivity index (χ0n) is 14.0. The van der Waals surface area contributed by atoms with Gasteiger partial charge in [0.05, 0.1) is 11.9 Å². The summed E-state index contributed by atoms with van der Waals surface area (Å²) in [5.41, 5.74) is 1.40. The number of hydrogen-bond acceptors (Lipinski definition) is 7. The molecular weight excluding hydrogens is 350 g/mol. The van der Waals surface area contributed by atoms with E-state index in [0.29, 0.717) is 21.8 Å². The summed E-state index contributed by atoms with van der Waals surface area (Å²) >= 11 is 1.29. The largest absolute Gasteiger partial charge is 0.355 e. The average molecular weight is 367 g/mol. The Morgan fingerprint density at radius 1 is 1.35 bits per heavy atom. The molecule has 4 heterocycles. The van der Waals surface area contributed by atoms with Gasteiger partial charge in [-0.3, -0.25) is 4.79 Å². The molecule has 3 aromatic heterocycles. The summed E-state index contributed by atoms with van der Waals surface area (Å²) in [5.74, 6) is 0.515. The topological polar surface area (TPSA) is 98.3 Å². The van der Waals surface area contributed by atoms with Crippen LogP contribution in [0.5, 0.6) is 0 Å². The van der Waals surface area contributed by atoms with Gasteiger partial charge in [0.15, 0.2) is 5.65 Å². The van der Waals surface area contributed by atoms with E-state index in [2.05, 4.69) is 31.7 Å². The van der Waals surface area contributed by atoms with Crippen molar-refractivity contribution >= 4 is 34.4 Å². The summed E-state index contributed by atoms with van der Waals surface area (Å²) in [6.07, 6.45) is 4.37. The lowest BCUT2D eigenvalue weighted by molar-refractivity contribution is 0.102. The van der Waals surface area contributed by atoms with Crippen LogP contribution in [0, 0.1) is 11.3 Å². The van der Waals surface area contributed by atoms with Crippen molar-refractivity contribution in [2.24, 2.45) is 0 Å². The predicted molar refractivity (Wildman–Crippen MR) is 99.7 cm³/mol. The van der Waals surface area contributed by atoms with Crippen molar-refractivity contribution in [2.45, 2.75) is 6.42 Å². The van der Waals surface area contributed by atoms with Crippen LogP contribution in [0.1, 0.15) is 21.7 Å². The van der Waals surface area contributed by atoms with E-state index in [1.165, 1.54) is 17.5 Å². The zero-order valence-corrected chi connectivity index (χ0v) is 14.8. The first-order valence-corrected chi connectivity index (χ1v) is 9.23. The van der Waals surface area contributed by atoms with Gasteiger partial charge in [-0.15, -0.1) is 11.3 Å². The minimum Gasteiger partial charge on any atom is -0.355 e. The van der Waals surface area contributed by atoms with E-state index in [1.807, 2.05) is 12.3 Å². The normalized spacial score (nSPS) is 14.8. The minimum absolute atomic E-state index is 0.322. The van der Waals surface area contributed by atoms with Gasteiger partial charge in [-0.1, -0.05) is 0 Å². The Bertz CT molecular complexity index is 979. The minimum atomic E-state index is -0.322. The third-order valence-electron chi connectivity index (χ3n) is 4.28. The molecule has 1 fully saturated rings. The third-order valence-corrected chi connectivity index (χ3v) is 5.10. The lowest BCUT2D eigenvalue weighted by atomic mass is 10.3.